The summed E-state index contributed by atoms with van der Waals surface area (Å²) in [6, 6.07) is 1.05. The smallest absolute Gasteiger partial charge is 0.0589 e. The van der Waals surface area contributed by atoms with Crippen molar-refractivity contribution in [3.05, 3.63) is 0 Å². The first kappa shape index (κ1) is 17.8. The van der Waals surface area contributed by atoms with Gasteiger partial charge in [-0.3, -0.25) is 4.90 Å². The topological polar surface area (TPSA) is 33.7 Å². The van der Waals surface area contributed by atoms with Crippen molar-refractivity contribution < 1.29 is 9.47 Å². The number of hydrogen-bond acceptors (Lipinski definition) is 4. The van der Waals surface area contributed by atoms with Crippen LogP contribution in [0.2, 0.25) is 0 Å². The number of rotatable bonds is 11. The fraction of sp³-hybridized carbons (Fsp3) is 1.00. The third kappa shape index (κ3) is 8.03. The first-order chi connectivity index (χ1) is 8.52. The van der Waals surface area contributed by atoms with Gasteiger partial charge in [0.2, 0.25) is 0 Å². The molecule has 4 heteroatoms. The molecule has 0 saturated carbocycles. The highest BCUT2D eigenvalue weighted by atomic mass is 16.5. The quantitative estimate of drug-likeness (QED) is 0.612. The molecule has 0 aromatic heterocycles. The average molecular weight is 260 g/mol. The number of nitrogens with zero attached hydrogens (tertiary/aromatic N) is 1. The number of methoxy groups -OCH3 is 2. The summed E-state index contributed by atoms with van der Waals surface area (Å²) in [6.07, 6.45) is 0. The predicted octanol–water partition coefficient (Wildman–Crippen LogP) is 1.60. The highest BCUT2D eigenvalue weighted by Crippen LogP contribution is 2.10. The maximum atomic E-state index is 5.20. The standard InChI is InChI=1S/C14H32N2O2/c1-12(2)14(11-15-13(3)4)16(7-9-17-5)8-10-18-6/h12-15H,7-11H2,1-6H3. The van der Waals surface area contributed by atoms with Crippen LogP contribution in [0.25, 0.3) is 0 Å². The first-order valence-electron chi connectivity index (χ1n) is 6.98. The van der Waals surface area contributed by atoms with Crippen LogP contribution in [0.1, 0.15) is 27.7 Å². The second-order valence-corrected chi connectivity index (χ2v) is 5.40. The molecular formula is C14H32N2O2. The lowest BCUT2D eigenvalue weighted by Crippen LogP contribution is -2.49. The summed E-state index contributed by atoms with van der Waals surface area (Å²) in [4.78, 5) is 2.47. The van der Waals surface area contributed by atoms with E-state index in [0.717, 1.165) is 32.8 Å². The summed E-state index contributed by atoms with van der Waals surface area (Å²) >= 11 is 0. The van der Waals surface area contributed by atoms with Gasteiger partial charge in [-0.15, -0.1) is 0 Å². The van der Waals surface area contributed by atoms with Crippen LogP contribution < -0.4 is 5.32 Å². The lowest BCUT2D eigenvalue weighted by Gasteiger charge is -2.35. The van der Waals surface area contributed by atoms with E-state index in [9.17, 15) is 0 Å². The first-order valence-corrected chi connectivity index (χ1v) is 6.98. The maximum Gasteiger partial charge on any atom is 0.0589 e. The van der Waals surface area contributed by atoms with Gasteiger partial charge in [0.05, 0.1) is 13.2 Å². The van der Waals surface area contributed by atoms with Gasteiger partial charge in [0, 0.05) is 45.9 Å². The Morgan fingerprint density at radius 1 is 0.944 bits per heavy atom. The Kier molecular flexibility index (Phi) is 10.6. The van der Waals surface area contributed by atoms with Gasteiger partial charge in [-0.1, -0.05) is 27.7 Å². The summed E-state index contributed by atoms with van der Waals surface area (Å²) < 4.78 is 10.4. The highest BCUT2D eigenvalue weighted by molar-refractivity contribution is 4.78. The minimum absolute atomic E-state index is 0.526. The zero-order valence-corrected chi connectivity index (χ0v) is 13.0. The van der Waals surface area contributed by atoms with Crippen LogP contribution in [-0.4, -0.2) is 64.1 Å². The second kappa shape index (κ2) is 10.7. The van der Waals surface area contributed by atoms with Gasteiger partial charge in [-0.05, 0) is 5.92 Å². The molecule has 1 N–H and O–H groups in total. The average Bonchev–Trinajstić information content (AvgIpc) is 2.30. The number of hydrogen-bond donors (Lipinski definition) is 1. The molecule has 0 aliphatic rings. The summed E-state index contributed by atoms with van der Waals surface area (Å²) in [7, 11) is 3.51. The van der Waals surface area contributed by atoms with Crippen LogP contribution in [0.4, 0.5) is 0 Å². The van der Waals surface area contributed by atoms with Gasteiger partial charge < -0.3 is 14.8 Å². The third-order valence-electron chi connectivity index (χ3n) is 3.14. The molecule has 0 radical (unpaired) electrons. The van der Waals surface area contributed by atoms with Crippen LogP contribution in [0.5, 0.6) is 0 Å². The van der Waals surface area contributed by atoms with E-state index in [0.29, 0.717) is 18.0 Å². The predicted molar refractivity (Wildman–Crippen MR) is 77.1 cm³/mol. The lowest BCUT2D eigenvalue weighted by molar-refractivity contribution is 0.0705. The van der Waals surface area contributed by atoms with Crippen LogP contribution in [0.3, 0.4) is 0 Å². The van der Waals surface area contributed by atoms with E-state index in [1.54, 1.807) is 14.2 Å². The van der Waals surface area contributed by atoms with E-state index >= 15 is 0 Å². The highest BCUT2D eigenvalue weighted by Gasteiger charge is 2.21. The molecule has 0 aromatic carbocycles. The van der Waals surface area contributed by atoms with Gasteiger partial charge >= 0.3 is 0 Å². The number of nitrogens with one attached hydrogen (secondary N) is 1. The monoisotopic (exact) mass is 260 g/mol. The van der Waals surface area contributed by atoms with Crippen molar-refractivity contribution in [2.75, 3.05) is 47.1 Å². The molecule has 0 saturated heterocycles. The van der Waals surface area contributed by atoms with Crippen molar-refractivity contribution in [1.29, 1.82) is 0 Å². The molecule has 0 fully saturated rings. The Labute approximate surface area is 113 Å². The van der Waals surface area contributed by atoms with E-state index in [4.69, 9.17) is 9.47 Å². The van der Waals surface area contributed by atoms with Crippen LogP contribution >= 0.6 is 0 Å². The fourth-order valence-electron chi connectivity index (χ4n) is 2.00. The molecule has 0 rings (SSSR count). The van der Waals surface area contributed by atoms with E-state index in [1.807, 2.05) is 0 Å². The van der Waals surface area contributed by atoms with E-state index in [1.165, 1.54) is 0 Å². The molecule has 4 nitrogen and oxygen atoms in total. The molecule has 1 atom stereocenters. The van der Waals surface area contributed by atoms with E-state index < -0.39 is 0 Å². The van der Waals surface area contributed by atoms with Gasteiger partial charge in [-0.25, -0.2) is 0 Å². The molecule has 0 amide bonds. The van der Waals surface area contributed by atoms with Gasteiger partial charge in [0.1, 0.15) is 0 Å². The van der Waals surface area contributed by atoms with E-state index in [-0.39, 0.29) is 0 Å². The van der Waals surface area contributed by atoms with E-state index in [2.05, 4.69) is 37.9 Å². The Morgan fingerprint density at radius 2 is 1.44 bits per heavy atom. The molecule has 1 unspecified atom stereocenters. The third-order valence-corrected chi connectivity index (χ3v) is 3.14. The lowest BCUT2D eigenvalue weighted by atomic mass is 10.0. The molecule has 0 bridgehead atoms. The van der Waals surface area contributed by atoms with Gasteiger partial charge in [0.25, 0.3) is 0 Å². The molecule has 0 aliphatic carbocycles. The molecule has 0 aliphatic heterocycles. The Hall–Kier alpha value is -0.160. The largest absolute Gasteiger partial charge is 0.383 e. The summed E-state index contributed by atoms with van der Waals surface area (Å²) in [5, 5.41) is 3.54. The number of ether oxygens (including phenoxy) is 2. The molecule has 18 heavy (non-hydrogen) atoms. The van der Waals surface area contributed by atoms with Crippen molar-refractivity contribution in [3.8, 4) is 0 Å². The molecule has 0 heterocycles. The molecular weight excluding hydrogens is 228 g/mol. The van der Waals surface area contributed by atoms with Crippen LogP contribution in [0.15, 0.2) is 0 Å². The maximum absolute atomic E-state index is 5.20. The molecule has 0 spiro atoms. The van der Waals surface area contributed by atoms with Crippen molar-refractivity contribution in [1.82, 2.24) is 10.2 Å². The normalized spacial score (nSPS) is 13.8. The Bertz CT molecular complexity index is 179. The minimum Gasteiger partial charge on any atom is -0.383 e. The summed E-state index contributed by atoms with van der Waals surface area (Å²) in [5.41, 5.74) is 0. The van der Waals surface area contributed by atoms with Crippen molar-refractivity contribution in [2.45, 2.75) is 39.8 Å². The fourth-order valence-corrected chi connectivity index (χ4v) is 2.00. The van der Waals surface area contributed by atoms with Crippen molar-refractivity contribution in [2.24, 2.45) is 5.92 Å². The van der Waals surface area contributed by atoms with Gasteiger partial charge in [0.15, 0.2) is 0 Å². The SMILES string of the molecule is COCCN(CCOC)C(CNC(C)C)C(C)C. The van der Waals surface area contributed by atoms with Crippen LogP contribution in [0, 0.1) is 5.92 Å². The molecule has 110 valence electrons. The summed E-state index contributed by atoms with van der Waals surface area (Å²) in [6.45, 7) is 13.4. The molecule has 0 aromatic rings. The van der Waals surface area contributed by atoms with Crippen molar-refractivity contribution >= 4 is 0 Å². The Morgan fingerprint density at radius 3 is 1.78 bits per heavy atom. The zero-order valence-electron chi connectivity index (χ0n) is 13.0. The Balaban J connectivity index is 4.41. The van der Waals surface area contributed by atoms with Gasteiger partial charge in [-0.2, -0.15) is 0 Å². The van der Waals surface area contributed by atoms with Crippen LogP contribution in [-0.2, 0) is 9.47 Å². The minimum atomic E-state index is 0.526. The summed E-state index contributed by atoms with van der Waals surface area (Å²) in [5.74, 6) is 0.616. The zero-order chi connectivity index (χ0) is 14.0. The second-order valence-electron chi connectivity index (χ2n) is 5.40. The van der Waals surface area contributed by atoms with Crippen molar-refractivity contribution in [3.63, 3.8) is 0 Å².